The summed E-state index contributed by atoms with van der Waals surface area (Å²) in [6.45, 7) is 3.40. The van der Waals surface area contributed by atoms with E-state index in [0.29, 0.717) is 0 Å². The smallest absolute Gasteiger partial charge is 0.245 e. The Morgan fingerprint density at radius 1 is 1.19 bits per heavy atom. The van der Waals surface area contributed by atoms with Gasteiger partial charge in [0, 0.05) is 5.02 Å². The zero-order valence-corrected chi connectivity index (χ0v) is 17.5. The minimum atomic E-state index is -4.07. The second-order valence-corrected chi connectivity index (χ2v) is 8.36. The molecule has 2 aromatic rings. The molecular formula is C17H17Cl3N2O4S. The molecule has 1 atom stereocenters. The van der Waals surface area contributed by atoms with Crippen LogP contribution < -0.4 is 14.8 Å². The molecule has 2 aromatic carbocycles. The normalized spacial score (nSPS) is 12.5. The number of carbonyl (C=O) groups is 1. The van der Waals surface area contributed by atoms with Gasteiger partial charge < -0.3 is 10.1 Å². The highest BCUT2D eigenvalue weighted by Crippen LogP contribution is 2.30. The van der Waals surface area contributed by atoms with Gasteiger partial charge in [0.25, 0.3) is 0 Å². The Kier molecular flexibility index (Phi) is 7.36. The molecule has 0 aliphatic rings. The van der Waals surface area contributed by atoms with Crippen molar-refractivity contribution < 1.29 is 17.9 Å². The molecule has 0 heterocycles. The van der Waals surface area contributed by atoms with Crippen LogP contribution in [0.5, 0.6) is 5.75 Å². The van der Waals surface area contributed by atoms with Gasteiger partial charge in [-0.25, -0.2) is 8.42 Å². The fourth-order valence-electron chi connectivity index (χ4n) is 2.16. The maximum atomic E-state index is 12.7. The number of carbonyl (C=O) groups excluding carboxylic acids is 1. The second-order valence-electron chi connectivity index (χ2n) is 5.46. The third kappa shape index (κ3) is 5.49. The van der Waals surface area contributed by atoms with E-state index in [1.807, 2.05) is 0 Å². The van der Waals surface area contributed by atoms with Gasteiger partial charge in [-0.2, -0.15) is 4.72 Å². The van der Waals surface area contributed by atoms with Gasteiger partial charge in [-0.3, -0.25) is 4.79 Å². The van der Waals surface area contributed by atoms with Crippen molar-refractivity contribution in [2.75, 3.05) is 11.9 Å². The molecule has 0 saturated heterocycles. The summed E-state index contributed by atoms with van der Waals surface area (Å²) in [7, 11) is -4.07. The van der Waals surface area contributed by atoms with E-state index in [4.69, 9.17) is 39.5 Å². The molecule has 0 aliphatic heterocycles. The Morgan fingerprint density at radius 3 is 2.56 bits per heavy atom. The maximum absolute atomic E-state index is 12.7. The zero-order chi connectivity index (χ0) is 20.2. The van der Waals surface area contributed by atoms with Crippen LogP contribution in [0.4, 0.5) is 5.69 Å². The summed E-state index contributed by atoms with van der Waals surface area (Å²) in [6, 6.07) is 7.86. The van der Waals surface area contributed by atoms with E-state index in [2.05, 4.69) is 10.0 Å². The van der Waals surface area contributed by atoms with Gasteiger partial charge in [-0.05, 0) is 44.2 Å². The molecule has 0 radical (unpaired) electrons. The number of hydrogen-bond donors (Lipinski definition) is 2. The number of halogens is 3. The maximum Gasteiger partial charge on any atom is 0.245 e. The highest BCUT2D eigenvalue weighted by Gasteiger charge is 2.26. The van der Waals surface area contributed by atoms with E-state index < -0.39 is 22.0 Å². The van der Waals surface area contributed by atoms with Gasteiger partial charge in [0.1, 0.15) is 10.6 Å². The van der Waals surface area contributed by atoms with E-state index >= 15 is 0 Å². The summed E-state index contributed by atoms with van der Waals surface area (Å²) in [5.41, 5.74) is 0.276. The molecule has 0 aliphatic carbocycles. The quantitative estimate of drug-likeness (QED) is 0.655. The lowest BCUT2D eigenvalue weighted by atomic mass is 10.3. The summed E-state index contributed by atoms with van der Waals surface area (Å²) in [6.07, 6.45) is 0. The van der Waals surface area contributed by atoms with Gasteiger partial charge in [0.15, 0.2) is 0 Å². The number of nitrogens with one attached hydrogen (secondary N) is 2. The van der Waals surface area contributed by atoms with Gasteiger partial charge in [0.2, 0.25) is 15.9 Å². The van der Waals surface area contributed by atoms with Crippen molar-refractivity contribution in [1.29, 1.82) is 0 Å². The van der Waals surface area contributed by atoms with Crippen molar-refractivity contribution in [2.45, 2.75) is 24.8 Å². The Bertz CT molecular complexity index is 951. The van der Waals surface area contributed by atoms with E-state index in [1.54, 1.807) is 25.1 Å². The average Bonchev–Trinajstić information content (AvgIpc) is 2.60. The van der Waals surface area contributed by atoms with Crippen LogP contribution in [-0.4, -0.2) is 27.0 Å². The third-order valence-electron chi connectivity index (χ3n) is 3.43. The first kappa shape index (κ1) is 21.8. The number of rotatable bonds is 7. The number of benzene rings is 2. The fraction of sp³-hybridized carbons (Fsp3) is 0.235. The summed E-state index contributed by atoms with van der Waals surface area (Å²) in [5.74, 6) is -0.470. The Labute approximate surface area is 172 Å². The minimum absolute atomic E-state index is 0.139. The van der Waals surface area contributed by atoms with Crippen LogP contribution >= 0.6 is 34.8 Å². The van der Waals surface area contributed by atoms with Crippen molar-refractivity contribution in [1.82, 2.24) is 4.72 Å². The summed E-state index contributed by atoms with van der Waals surface area (Å²) in [4.78, 5) is 12.2. The number of anilines is 1. The van der Waals surface area contributed by atoms with Gasteiger partial charge in [0.05, 0.1) is 28.4 Å². The van der Waals surface area contributed by atoms with Crippen molar-refractivity contribution in [2.24, 2.45) is 0 Å². The molecule has 10 heteroatoms. The van der Waals surface area contributed by atoms with E-state index in [0.717, 1.165) is 0 Å². The first-order chi connectivity index (χ1) is 12.7. The van der Waals surface area contributed by atoms with Crippen molar-refractivity contribution in [3.05, 3.63) is 51.5 Å². The van der Waals surface area contributed by atoms with Crippen LogP contribution in [0.2, 0.25) is 15.1 Å². The standard InChI is InChI=1S/C17H17Cl3N2O4S/c1-3-26-14-8-7-11(18)9-15(14)27(24,25)22-10(2)17(23)21-13-6-4-5-12(19)16(13)20/h4-10,22H,3H2,1-2H3,(H,21,23). The fourth-order valence-corrected chi connectivity index (χ4v) is 4.12. The monoisotopic (exact) mass is 450 g/mol. The van der Waals surface area contributed by atoms with Gasteiger partial charge in [-0.1, -0.05) is 40.9 Å². The number of sulfonamides is 1. The van der Waals surface area contributed by atoms with Crippen molar-refractivity contribution in [3.63, 3.8) is 0 Å². The van der Waals surface area contributed by atoms with Gasteiger partial charge in [-0.15, -0.1) is 0 Å². The van der Waals surface area contributed by atoms with Gasteiger partial charge >= 0.3 is 0 Å². The highest BCUT2D eigenvalue weighted by atomic mass is 35.5. The lowest BCUT2D eigenvalue weighted by Crippen LogP contribution is -2.41. The molecule has 1 unspecified atom stereocenters. The van der Waals surface area contributed by atoms with E-state index in [-0.39, 0.29) is 38.0 Å². The largest absolute Gasteiger partial charge is 0.492 e. The minimum Gasteiger partial charge on any atom is -0.492 e. The first-order valence-electron chi connectivity index (χ1n) is 7.85. The predicted octanol–water partition coefficient (Wildman–Crippen LogP) is 4.35. The molecule has 0 saturated carbocycles. The predicted molar refractivity (Wildman–Crippen MR) is 107 cm³/mol. The molecular weight excluding hydrogens is 435 g/mol. The third-order valence-corrected chi connectivity index (χ3v) is 6.05. The second kappa shape index (κ2) is 9.12. The van der Waals surface area contributed by atoms with Crippen LogP contribution in [-0.2, 0) is 14.8 Å². The number of ether oxygens (including phenoxy) is 1. The molecule has 0 fully saturated rings. The Hall–Kier alpha value is -1.51. The Balaban J connectivity index is 2.21. The molecule has 27 heavy (non-hydrogen) atoms. The molecule has 2 N–H and O–H groups in total. The lowest BCUT2D eigenvalue weighted by Gasteiger charge is -2.17. The van der Waals surface area contributed by atoms with Crippen LogP contribution in [0.3, 0.4) is 0 Å². The molecule has 0 bridgehead atoms. The molecule has 0 aromatic heterocycles. The Morgan fingerprint density at radius 2 is 1.89 bits per heavy atom. The summed E-state index contributed by atoms with van der Waals surface area (Å²) < 4.78 is 33.0. The molecule has 6 nitrogen and oxygen atoms in total. The first-order valence-corrected chi connectivity index (χ1v) is 10.5. The molecule has 2 rings (SSSR count). The molecule has 146 valence electrons. The average molecular weight is 452 g/mol. The highest BCUT2D eigenvalue weighted by molar-refractivity contribution is 7.89. The molecule has 0 spiro atoms. The zero-order valence-electron chi connectivity index (χ0n) is 14.4. The SMILES string of the molecule is CCOc1ccc(Cl)cc1S(=O)(=O)NC(C)C(=O)Nc1cccc(Cl)c1Cl. The summed E-state index contributed by atoms with van der Waals surface area (Å²) in [5, 5.41) is 3.19. The van der Waals surface area contributed by atoms with Crippen LogP contribution in [0.15, 0.2) is 41.3 Å². The van der Waals surface area contributed by atoms with Crippen LogP contribution in [0.1, 0.15) is 13.8 Å². The number of hydrogen-bond acceptors (Lipinski definition) is 4. The van der Waals surface area contributed by atoms with E-state index in [9.17, 15) is 13.2 Å². The topological polar surface area (TPSA) is 84.5 Å². The molecule has 1 amide bonds. The van der Waals surface area contributed by atoms with Crippen LogP contribution in [0, 0.1) is 0 Å². The van der Waals surface area contributed by atoms with E-state index in [1.165, 1.54) is 25.1 Å². The summed E-state index contributed by atoms with van der Waals surface area (Å²) >= 11 is 17.8. The van der Waals surface area contributed by atoms with Crippen LogP contribution in [0.25, 0.3) is 0 Å². The van der Waals surface area contributed by atoms with Crippen molar-refractivity contribution in [3.8, 4) is 5.75 Å². The lowest BCUT2D eigenvalue weighted by molar-refractivity contribution is -0.117. The van der Waals surface area contributed by atoms with Crippen molar-refractivity contribution >= 4 is 56.4 Å². The number of amides is 1.